The fourth-order valence-electron chi connectivity index (χ4n) is 3.75. The van der Waals surface area contributed by atoms with Crippen molar-refractivity contribution in [2.24, 2.45) is 5.73 Å². The van der Waals surface area contributed by atoms with Gasteiger partial charge in [0.05, 0.1) is 29.4 Å². The summed E-state index contributed by atoms with van der Waals surface area (Å²) in [5.41, 5.74) is 6.53. The van der Waals surface area contributed by atoms with Gasteiger partial charge in [-0.1, -0.05) is 0 Å². The molecule has 0 aliphatic carbocycles. The van der Waals surface area contributed by atoms with Crippen molar-refractivity contribution in [3.05, 3.63) is 70.8 Å². The van der Waals surface area contributed by atoms with Crippen LogP contribution in [0.1, 0.15) is 35.3 Å². The van der Waals surface area contributed by atoms with Crippen LogP contribution < -0.4 is 11.1 Å². The molecule has 1 aliphatic heterocycles. The number of amides is 1. The standard InChI is InChI=1S/C25H27F2N3O3S/c1-25(2,32)17-12-19(26)22(20(27)13-17)21-11-16(14-28)23(34-21)29-18-5-3-15(4-6-18)24(31)30-7-9-33-10-8-30/h3-6,11-13,29,32H,7-10,14,28H2,1-2H3. The van der Waals surface area contributed by atoms with Crippen molar-refractivity contribution in [2.45, 2.75) is 26.0 Å². The highest BCUT2D eigenvalue weighted by molar-refractivity contribution is 7.19. The number of carbonyl (C=O) groups excluding carboxylic acids is 1. The van der Waals surface area contributed by atoms with Crippen molar-refractivity contribution in [1.29, 1.82) is 0 Å². The van der Waals surface area contributed by atoms with Gasteiger partial charge in [0, 0.05) is 41.3 Å². The highest BCUT2D eigenvalue weighted by atomic mass is 32.1. The highest BCUT2D eigenvalue weighted by Gasteiger charge is 2.23. The third-order valence-electron chi connectivity index (χ3n) is 5.71. The number of hydrogen-bond acceptors (Lipinski definition) is 6. The van der Waals surface area contributed by atoms with E-state index in [2.05, 4.69) is 5.32 Å². The normalized spacial score (nSPS) is 14.4. The minimum atomic E-state index is -1.36. The number of aliphatic hydroxyl groups is 1. The van der Waals surface area contributed by atoms with Crippen LogP contribution in [0.2, 0.25) is 0 Å². The summed E-state index contributed by atoms with van der Waals surface area (Å²) in [6.07, 6.45) is 0. The minimum Gasteiger partial charge on any atom is -0.386 e. The molecule has 0 bridgehead atoms. The largest absolute Gasteiger partial charge is 0.386 e. The van der Waals surface area contributed by atoms with E-state index in [4.69, 9.17) is 10.5 Å². The average Bonchev–Trinajstić information content (AvgIpc) is 3.20. The molecular weight excluding hydrogens is 460 g/mol. The van der Waals surface area contributed by atoms with E-state index < -0.39 is 17.2 Å². The smallest absolute Gasteiger partial charge is 0.254 e. The second-order valence-corrected chi connectivity index (χ2v) is 9.70. The molecule has 0 unspecified atom stereocenters. The van der Waals surface area contributed by atoms with Gasteiger partial charge >= 0.3 is 0 Å². The summed E-state index contributed by atoms with van der Waals surface area (Å²) >= 11 is 1.18. The lowest BCUT2D eigenvalue weighted by Gasteiger charge is -2.26. The molecule has 0 atom stereocenters. The van der Waals surface area contributed by atoms with E-state index in [1.165, 1.54) is 25.2 Å². The molecule has 1 saturated heterocycles. The van der Waals surface area contributed by atoms with E-state index in [1.807, 2.05) is 0 Å². The topological polar surface area (TPSA) is 87.8 Å². The van der Waals surface area contributed by atoms with Gasteiger partial charge in [-0.3, -0.25) is 4.79 Å². The summed E-state index contributed by atoms with van der Waals surface area (Å²) < 4.78 is 35.0. The molecule has 9 heteroatoms. The van der Waals surface area contributed by atoms with Gasteiger partial charge in [0.25, 0.3) is 5.91 Å². The number of morpholine rings is 1. The van der Waals surface area contributed by atoms with Gasteiger partial charge in [0.15, 0.2) is 0 Å². The molecule has 180 valence electrons. The van der Waals surface area contributed by atoms with Crippen molar-refractivity contribution in [3.63, 3.8) is 0 Å². The molecule has 2 aromatic carbocycles. The number of rotatable bonds is 6. The Morgan fingerprint density at radius 3 is 2.32 bits per heavy atom. The molecule has 34 heavy (non-hydrogen) atoms. The lowest BCUT2D eigenvalue weighted by molar-refractivity contribution is 0.0303. The SMILES string of the molecule is CC(C)(O)c1cc(F)c(-c2cc(CN)c(Nc3ccc(C(=O)N4CCOCC4)cc3)s2)c(F)c1. The Hall–Kier alpha value is -2.85. The lowest BCUT2D eigenvalue weighted by Crippen LogP contribution is -2.40. The van der Waals surface area contributed by atoms with Gasteiger partial charge in [-0.25, -0.2) is 8.78 Å². The first-order valence-electron chi connectivity index (χ1n) is 11.0. The van der Waals surface area contributed by atoms with Gasteiger partial charge < -0.3 is 25.8 Å². The molecule has 1 amide bonds. The Labute approximate surface area is 201 Å². The summed E-state index contributed by atoms with van der Waals surface area (Å²) in [5.74, 6) is -1.55. The first kappa shape index (κ1) is 24.3. The third-order valence-corrected chi connectivity index (χ3v) is 6.82. The average molecular weight is 488 g/mol. The number of thiophene rings is 1. The van der Waals surface area contributed by atoms with Crippen molar-refractivity contribution in [2.75, 3.05) is 31.6 Å². The van der Waals surface area contributed by atoms with Gasteiger partial charge in [-0.05, 0) is 61.9 Å². The molecule has 0 radical (unpaired) electrons. The Morgan fingerprint density at radius 2 is 1.76 bits per heavy atom. The maximum absolute atomic E-state index is 14.8. The van der Waals surface area contributed by atoms with E-state index in [9.17, 15) is 18.7 Å². The zero-order valence-electron chi connectivity index (χ0n) is 19.0. The molecule has 1 fully saturated rings. The van der Waals surface area contributed by atoms with Gasteiger partial charge in [0.1, 0.15) is 11.6 Å². The van der Waals surface area contributed by atoms with Crippen LogP contribution in [-0.4, -0.2) is 42.2 Å². The lowest BCUT2D eigenvalue weighted by atomic mass is 9.96. The maximum Gasteiger partial charge on any atom is 0.254 e. The van der Waals surface area contributed by atoms with E-state index in [0.717, 1.165) is 17.8 Å². The number of nitrogens with one attached hydrogen (secondary N) is 1. The quantitative estimate of drug-likeness (QED) is 0.473. The molecule has 0 spiro atoms. The first-order valence-corrected chi connectivity index (χ1v) is 11.8. The molecule has 1 aromatic heterocycles. The highest BCUT2D eigenvalue weighted by Crippen LogP contribution is 2.40. The number of benzene rings is 2. The van der Waals surface area contributed by atoms with E-state index in [0.29, 0.717) is 47.3 Å². The van der Waals surface area contributed by atoms with Crippen LogP contribution in [0.5, 0.6) is 0 Å². The summed E-state index contributed by atoms with van der Waals surface area (Å²) in [6, 6.07) is 11.0. The Bertz CT molecular complexity index is 1160. The zero-order valence-corrected chi connectivity index (χ0v) is 19.8. The van der Waals surface area contributed by atoms with Crippen LogP contribution in [0.15, 0.2) is 42.5 Å². The number of hydrogen-bond donors (Lipinski definition) is 3. The zero-order chi connectivity index (χ0) is 24.5. The summed E-state index contributed by atoms with van der Waals surface area (Å²) in [7, 11) is 0. The Balaban J connectivity index is 1.56. The van der Waals surface area contributed by atoms with Gasteiger partial charge in [-0.2, -0.15) is 0 Å². The monoisotopic (exact) mass is 487 g/mol. The second kappa shape index (κ2) is 9.79. The molecule has 6 nitrogen and oxygen atoms in total. The number of nitrogens with two attached hydrogens (primary N) is 1. The fraction of sp³-hybridized carbons (Fsp3) is 0.320. The molecule has 3 aromatic rings. The van der Waals surface area contributed by atoms with E-state index >= 15 is 0 Å². The molecular formula is C25H27F2N3O3S. The first-order chi connectivity index (χ1) is 16.2. The Morgan fingerprint density at radius 1 is 1.15 bits per heavy atom. The number of halogens is 2. The van der Waals surface area contributed by atoms with Crippen LogP contribution >= 0.6 is 11.3 Å². The molecule has 4 N–H and O–H groups in total. The minimum absolute atomic E-state index is 0.0450. The van der Waals surface area contributed by atoms with E-state index in [-0.39, 0.29) is 23.6 Å². The van der Waals surface area contributed by atoms with Crippen LogP contribution in [0.25, 0.3) is 10.4 Å². The number of anilines is 2. The Kier molecular flexibility index (Phi) is 6.99. The van der Waals surface area contributed by atoms with Gasteiger partial charge in [-0.15, -0.1) is 11.3 Å². The number of nitrogens with zero attached hydrogens (tertiary/aromatic N) is 1. The summed E-state index contributed by atoms with van der Waals surface area (Å²) in [5, 5.41) is 14.0. The third kappa shape index (κ3) is 5.12. The van der Waals surface area contributed by atoms with E-state index in [1.54, 1.807) is 35.2 Å². The van der Waals surface area contributed by atoms with Crippen LogP contribution in [0.4, 0.5) is 19.5 Å². The van der Waals surface area contributed by atoms with Crippen molar-refractivity contribution >= 4 is 27.9 Å². The predicted molar refractivity (Wildman–Crippen MR) is 129 cm³/mol. The van der Waals surface area contributed by atoms with Crippen LogP contribution in [0.3, 0.4) is 0 Å². The predicted octanol–water partition coefficient (Wildman–Crippen LogP) is 4.60. The van der Waals surface area contributed by atoms with Crippen LogP contribution in [0, 0.1) is 11.6 Å². The maximum atomic E-state index is 14.8. The van der Waals surface area contributed by atoms with Gasteiger partial charge in [0.2, 0.25) is 0 Å². The van der Waals surface area contributed by atoms with Crippen LogP contribution in [-0.2, 0) is 16.9 Å². The number of ether oxygens (including phenoxy) is 1. The van der Waals surface area contributed by atoms with Crippen molar-refractivity contribution in [3.8, 4) is 10.4 Å². The molecule has 0 saturated carbocycles. The summed E-state index contributed by atoms with van der Waals surface area (Å²) in [4.78, 5) is 14.8. The number of carbonyl (C=O) groups is 1. The molecule has 4 rings (SSSR count). The fourth-order valence-corrected chi connectivity index (χ4v) is 4.91. The summed E-state index contributed by atoms with van der Waals surface area (Å²) in [6.45, 7) is 5.34. The second-order valence-electron chi connectivity index (χ2n) is 8.65. The van der Waals surface area contributed by atoms with Crippen molar-refractivity contribution < 1.29 is 23.4 Å². The van der Waals surface area contributed by atoms with Crippen molar-refractivity contribution in [1.82, 2.24) is 4.90 Å². The molecule has 2 heterocycles. The molecule has 1 aliphatic rings.